The summed E-state index contributed by atoms with van der Waals surface area (Å²) in [4.78, 5) is 12.7. The largest absolute Gasteiger partial charge is 0.382 e. The molecule has 0 spiro atoms. The molecule has 0 amide bonds. The second kappa shape index (κ2) is 9.11. The molecular formula is C17H26N4O2. The van der Waals surface area contributed by atoms with E-state index in [4.69, 9.17) is 0 Å². The number of hydrogen-bond donors (Lipinski definition) is 1. The van der Waals surface area contributed by atoms with Gasteiger partial charge in [0.2, 0.25) is 0 Å². The Morgan fingerprint density at radius 3 is 2.48 bits per heavy atom. The number of rotatable bonds is 9. The number of anilines is 1. The van der Waals surface area contributed by atoms with Crippen molar-refractivity contribution in [3.8, 4) is 6.07 Å². The zero-order valence-electron chi connectivity index (χ0n) is 14.4. The van der Waals surface area contributed by atoms with E-state index < -0.39 is 4.92 Å². The van der Waals surface area contributed by atoms with Gasteiger partial charge in [0.15, 0.2) is 0 Å². The van der Waals surface area contributed by atoms with Crippen molar-refractivity contribution in [2.75, 3.05) is 25.0 Å². The van der Waals surface area contributed by atoms with Gasteiger partial charge in [0.1, 0.15) is 6.07 Å². The van der Waals surface area contributed by atoms with Crippen LogP contribution in [0.15, 0.2) is 18.2 Å². The fourth-order valence-electron chi connectivity index (χ4n) is 2.77. The monoisotopic (exact) mass is 318 g/mol. The van der Waals surface area contributed by atoms with Crippen LogP contribution < -0.4 is 5.32 Å². The first-order chi connectivity index (χ1) is 10.9. The van der Waals surface area contributed by atoms with Crippen LogP contribution in [0.1, 0.15) is 39.7 Å². The Morgan fingerprint density at radius 2 is 2.00 bits per heavy atom. The number of nitro benzene ring substituents is 1. The molecule has 0 saturated carbocycles. The first-order valence-corrected chi connectivity index (χ1v) is 8.09. The van der Waals surface area contributed by atoms with Crippen molar-refractivity contribution in [1.82, 2.24) is 4.90 Å². The minimum absolute atomic E-state index is 0.0606. The minimum atomic E-state index is -0.484. The normalized spacial score (nSPS) is 12.2. The Labute approximate surface area is 138 Å². The molecule has 1 aromatic rings. The summed E-state index contributed by atoms with van der Waals surface area (Å²) in [6.45, 7) is 11.3. The van der Waals surface area contributed by atoms with Crippen LogP contribution in [0.5, 0.6) is 0 Å². The van der Waals surface area contributed by atoms with E-state index in [1.54, 1.807) is 6.07 Å². The molecule has 1 N–H and O–H groups in total. The lowest BCUT2D eigenvalue weighted by atomic mass is 10.0. The van der Waals surface area contributed by atoms with Gasteiger partial charge >= 0.3 is 0 Å². The fourth-order valence-corrected chi connectivity index (χ4v) is 2.77. The maximum absolute atomic E-state index is 10.8. The Morgan fingerprint density at radius 1 is 1.35 bits per heavy atom. The third-order valence-electron chi connectivity index (χ3n) is 3.93. The number of nitro groups is 1. The van der Waals surface area contributed by atoms with Gasteiger partial charge in [-0.25, -0.2) is 0 Å². The van der Waals surface area contributed by atoms with Crippen molar-refractivity contribution in [3.05, 3.63) is 33.9 Å². The van der Waals surface area contributed by atoms with Gasteiger partial charge in [-0.1, -0.05) is 27.7 Å². The lowest BCUT2D eigenvalue weighted by Crippen LogP contribution is -2.40. The summed E-state index contributed by atoms with van der Waals surface area (Å²) in [5.74, 6) is 0.578. The number of nitrogens with zero attached hydrogens (tertiary/aromatic N) is 3. The molecular weight excluding hydrogens is 292 g/mol. The molecule has 0 radical (unpaired) electrons. The zero-order chi connectivity index (χ0) is 17.4. The van der Waals surface area contributed by atoms with Gasteiger partial charge in [0, 0.05) is 24.7 Å². The van der Waals surface area contributed by atoms with E-state index >= 15 is 0 Å². The van der Waals surface area contributed by atoms with Crippen molar-refractivity contribution < 1.29 is 4.92 Å². The average molecular weight is 318 g/mol. The maximum atomic E-state index is 10.8. The van der Waals surface area contributed by atoms with Crippen molar-refractivity contribution >= 4 is 11.4 Å². The molecule has 0 aromatic heterocycles. The molecule has 0 bridgehead atoms. The molecule has 1 rings (SSSR count). The van der Waals surface area contributed by atoms with Crippen LogP contribution in [-0.4, -0.2) is 35.5 Å². The predicted octanol–water partition coefficient (Wildman–Crippen LogP) is 3.63. The highest BCUT2D eigenvalue weighted by Gasteiger charge is 2.18. The number of nitriles is 1. The van der Waals surface area contributed by atoms with Gasteiger partial charge in [-0.2, -0.15) is 5.26 Å². The summed E-state index contributed by atoms with van der Waals surface area (Å²) >= 11 is 0. The molecule has 6 heteroatoms. The highest BCUT2D eigenvalue weighted by atomic mass is 16.6. The molecule has 23 heavy (non-hydrogen) atoms. The van der Waals surface area contributed by atoms with E-state index in [-0.39, 0.29) is 5.69 Å². The van der Waals surface area contributed by atoms with E-state index in [1.165, 1.54) is 12.1 Å². The number of likely N-dealkylation sites (N-methyl/N-ethyl adjacent to an activating group) is 1. The van der Waals surface area contributed by atoms with Gasteiger partial charge in [-0.3, -0.25) is 15.0 Å². The summed E-state index contributed by atoms with van der Waals surface area (Å²) in [7, 11) is 0. The standard InChI is InChI=1S/C17H26N4O2/c1-5-20(6-2)16(9-13(3)4)12-19-17-8-7-15(21(22)23)10-14(17)11-18/h7-8,10,13,16,19H,5-6,9,12H2,1-4H3/t16-/m0/s1. The molecule has 0 saturated heterocycles. The smallest absolute Gasteiger partial charge is 0.270 e. The van der Waals surface area contributed by atoms with Crippen molar-refractivity contribution in [3.63, 3.8) is 0 Å². The maximum Gasteiger partial charge on any atom is 0.270 e. The van der Waals surface area contributed by atoms with Gasteiger partial charge in [0.25, 0.3) is 5.69 Å². The summed E-state index contributed by atoms with van der Waals surface area (Å²) in [5, 5.41) is 23.3. The van der Waals surface area contributed by atoms with Crippen LogP contribution in [-0.2, 0) is 0 Å². The number of non-ortho nitro benzene ring substituents is 1. The molecule has 1 atom stereocenters. The molecule has 0 unspecified atom stereocenters. The van der Waals surface area contributed by atoms with E-state index in [0.29, 0.717) is 29.8 Å². The first kappa shape index (κ1) is 18.9. The molecule has 0 aliphatic rings. The predicted molar refractivity (Wildman–Crippen MR) is 92.5 cm³/mol. The quantitative estimate of drug-likeness (QED) is 0.555. The highest BCUT2D eigenvalue weighted by Crippen LogP contribution is 2.22. The summed E-state index contributed by atoms with van der Waals surface area (Å²) < 4.78 is 0. The molecule has 0 heterocycles. The zero-order valence-corrected chi connectivity index (χ0v) is 14.4. The highest BCUT2D eigenvalue weighted by molar-refractivity contribution is 5.61. The summed E-state index contributed by atoms with van der Waals surface area (Å²) in [6, 6.07) is 6.76. The van der Waals surface area contributed by atoms with Crippen molar-refractivity contribution in [2.24, 2.45) is 5.92 Å². The van der Waals surface area contributed by atoms with Crippen molar-refractivity contribution in [1.29, 1.82) is 5.26 Å². The first-order valence-electron chi connectivity index (χ1n) is 8.09. The molecule has 1 aromatic carbocycles. The van der Waals surface area contributed by atoms with E-state index in [2.05, 4.69) is 37.9 Å². The molecule has 0 fully saturated rings. The summed E-state index contributed by atoms with van der Waals surface area (Å²) in [5.41, 5.74) is 0.899. The number of nitrogens with one attached hydrogen (secondary N) is 1. The minimum Gasteiger partial charge on any atom is -0.382 e. The van der Waals surface area contributed by atoms with Crippen molar-refractivity contribution in [2.45, 2.75) is 40.2 Å². The van der Waals surface area contributed by atoms with Gasteiger partial charge in [-0.15, -0.1) is 0 Å². The van der Waals surface area contributed by atoms with Crippen LogP contribution >= 0.6 is 0 Å². The fraction of sp³-hybridized carbons (Fsp3) is 0.588. The Balaban J connectivity index is 2.88. The number of benzene rings is 1. The molecule has 126 valence electrons. The van der Waals surface area contributed by atoms with Gasteiger partial charge < -0.3 is 5.32 Å². The van der Waals surface area contributed by atoms with Gasteiger partial charge in [-0.05, 0) is 31.5 Å². The lowest BCUT2D eigenvalue weighted by molar-refractivity contribution is -0.384. The van der Waals surface area contributed by atoms with E-state index in [1.807, 2.05) is 6.07 Å². The second-order valence-corrected chi connectivity index (χ2v) is 5.98. The van der Waals surface area contributed by atoms with Crippen LogP contribution in [0.25, 0.3) is 0 Å². The van der Waals surface area contributed by atoms with E-state index in [9.17, 15) is 15.4 Å². The Kier molecular flexibility index (Phi) is 7.49. The van der Waals surface area contributed by atoms with E-state index in [0.717, 1.165) is 19.5 Å². The lowest BCUT2D eigenvalue weighted by Gasteiger charge is -2.31. The van der Waals surface area contributed by atoms with Crippen LogP contribution in [0.4, 0.5) is 11.4 Å². The van der Waals surface area contributed by atoms with Crippen LogP contribution in [0.3, 0.4) is 0 Å². The van der Waals surface area contributed by atoms with Crippen LogP contribution in [0.2, 0.25) is 0 Å². The third-order valence-corrected chi connectivity index (χ3v) is 3.93. The van der Waals surface area contributed by atoms with Gasteiger partial charge in [0.05, 0.1) is 16.2 Å². The Hall–Kier alpha value is -2.13. The third kappa shape index (κ3) is 5.53. The molecule has 0 aliphatic heterocycles. The number of hydrogen-bond acceptors (Lipinski definition) is 5. The SMILES string of the molecule is CCN(CC)[C@H](CNc1ccc([N+](=O)[O-])cc1C#N)CC(C)C. The van der Waals surface area contributed by atoms with Crippen LogP contribution in [0, 0.1) is 27.4 Å². The average Bonchev–Trinajstić information content (AvgIpc) is 2.52. The molecule has 0 aliphatic carbocycles. The molecule has 6 nitrogen and oxygen atoms in total. The Bertz CT molecular complexity index is 562. The summed E-state index contributed by atoms with van der Waals surface area (Å²) in [6.07, 6.45) is 1.06. The topological polar surface area (TPSA) is 82.2 Å². The second-order valence-electron chi connectivity index (χ2n) is 5.98.